The van der Waals surface area contributed by atoms with Crippen LogP contribution in [-0.4, -0.2) is 43.5 Å². The molecule has 5 atom stereocenters. The normalized spacial score (nSPS) is 46.3. The maximum Gasteiger partial charge on any atom is 0.229 e. The van der Waals surface area contributed by atoms with Gasteiger partial charge in [-0.25, -0.2) is 0 Å². The molecule has 0 aromatic carbocycles. The lowest BCUT2D eigenvalue weighted by Gasteiger charge is -2.27. The zero-order valence-corrected chi connectivity index (χ0v) is 9.44. The van der Waals surface area contributed by atoms with Crippen LogP contribution >= 0.6 is 0 Å². The highest BCUT2D eigenvalue weighted by atomic mass is 16.6. The van der Waals surface area contributed by atoms with Crippen molar-refractivity contribution in [3.05, 3.63) is 0 Å². The standard InChI is InChI=1S/C11H18N2O3/c1-2-15-11-9-7(10(14)13-11)8-6(16-9)4-3-5-12-8/h6-9,11-12H,2-5H2,1H3,(H,13,14). The van der Waals surface area contributed by atoms with Crippen LogP contribution in [0.2, 0.25) is 0 Å². The van der Waals surface area contributed by atoms with Crippen molar-refractivity contribution in [3.8, 4) is 0 Å². The minimum atomic E-state index is -0.255. The number of nitrogens with one attached hydrogen (secondary N) is 2. The fraction of sp³-hybridized carbons (Fsp3) is 0.909. The van der Waals surface area contributed by atoms with E-state index < -0.39 is 0 Å². The third kappa shape index (κ3) is 1.46. The predicted molar refractivity (Wildman–Crippen MR) is 56.7 cm³/mol. The molecule has 3 saturated heterocycles. The molecule has 3 fully saturated rings. The summed E-state index contributed by atoms with van der Waals surface area (Å²) >= 11 is 0. The molecule has 0 aliphatic carbocycles. The Bertz CT molecular complexity index is 297. The van der Waals surface area contributed by atoms with Crippen molar-refractivity contribution in [3.63, 3.8) is 0 Å². The monoisotopic (exact) mass is 226 g/mol. The van der Waals surface area contributed by atoms with Crippen LogP contribution in [0.1, 0.15) is 19.8 Å². The molecule has 5 unspecified atom stereocenters. The highest BCUT2D eigenvalue weighted by molar-refractivity contribution is 5.83. The van der Waals surface area contributed by atoms with E-state index in [1.165, 1.54) is 0 Å². The second kappa shape index (κ2) is 3.98. The van der Waals surface area contributed by atoms with Gasteiger partial charge in [0.05, 0.1) is 12.0 Å². The Morgan fingerprint density at radius 1 is 1.56 bits per heavy atom. The lowest BCUT2D eigenvalue weighted by Crippen LogP contribution is -2.48. The van der Waals surface area contributed by atoms with Crippen molar-refractivity contribution >= 4 is 5.91 Å². The van der Waals surface area contributed by atoms with Gasteiger partial charge in [-0.15, -0.1) is 0 Å². The Hall–Kier alpha value is -0.650. The molecule has 0 aromatic heterocycles. The molecule has 2 N–H and O–H groups in total. The number of amides is 1. The summed E-state index contributed by atoms with van der Waals surface area (Å²) < 4.78 is 11.5. The van der Waals surface area contributed by atoms with Crippen molar-refractivity contribution in [1.29, 1.82) is 0 Å². The molecular weight excluding hydrogens is 208 g/mol. The van der Waals surface area contributed by atoms with Crippen molar-refractivity contribution in [2.45, 2.75) is 44.2 Å². The maximum absolute atomic E-state index is 11.9. The van der Waals surface area contributed by atoms with Gasteiger partial charge in [0.15, 0.2) is 6.23 Å². The minimum Gasteiger partial charge on any atom is -0.368 e. The fourth-order valence-electron chi connectivity index (χ4n) is 3.09. The van der Waals surface area contributed by atoms with E-state index in [0.29, 0.717) is 6.61 Å². The van der Waals surface area contributed by atoms with Crippen molar-refractivity contribution < 1.29 is 14.3 Å². The molecule has 0 radical (unpaired) electrons. The van der Waals surface area contributed by atoms with Gasteiger partial charge in [-0.05, 0) is 26.3 Å². The highest BCUT2D eigenvalue weighted by Gasteiger charge is 2.56. The van der Waals surface area contributed by atoms with Crippen LogP contribution in [0.4, 0.5) is 0 Å². The number of hydrogen-bond acceptors (Lipinski definition) is 4. The SMILES string of the molecule is CCOC1NC(=O)C2C3NCCCC3OC12. The number of piperidine rings is 1. The van der Waals surface area contributed by atoms with E-state index in [-0.39, 0.29) is 36.3 Å². The van der Waals surface area contributed by atoms with Gasteiger partial charge in [0.25, 0.3) is 0 Å². The highest BCUT2D eigenvalue weighted by Crippen LogP contribution is 2.37. The Labute approximate surface area is 94.9 Å². The lowest BCUT2D eigenvalue weighted by atomic mass is 9.91. The van der Waals surface area contributed by atoms with E-state index in [2.05, 4.69) is 10.6 Å². The number of ether oxygens (including phenoxy) is 2. The van der Waals surface area contributed by atoms with Gasteiger partial charge in [-0.3, -0.25) is 4.79 Å². The van der Waals surface area contributed by atoms with E-state index in [9.17, 15) is 4.79 Å². The molecular formula is C11H18N2O3. The molecule has 3 aliphatic rings. The Morgan fingerprint density at radius 3 is 3.25 bits per heavy atom. The first-order chi connectivity index (χ1) is 7.81. The topological polar surface area (TPSA) is 59.6 Å². The minimum absolute atomic E-state index is 0.0677. The van der Waals surface area contributed by atoms with Gasteiger partial charge < -0.3 is 20.1 Å². The van der Waals surface area contributed by atoms with Crippen molar-refractivity contribution in [2.75, 3.05) is 13.2 Å². The van der Waals surface area contributed by atoms with E-state index in [1.54, 1.807) is 0 Å². The second-order valence-corrected chi connectivity index (χ2v) is 4.67. The maximum atomic E-state index is 11.9. The summed E-state index contributed by atoms with van der Waals surface area (Å²) in [6, 6.07) is 0.184. The van der Waals surface area contributed by atoms with Gasteiger partial charge in [0, 0.05) is 12.6 Å². The third-order valence-electron chi connectivity index (χ3n) is 3.75. The first-order valence-electron chi connectivity index (χ1n) is 6.12. The summed E-state index contributed by atoms with van der Waals surface area (Å²) in [5.74, 6) is 0.00667. The third-order valence-corrected chi connectivity index (χ3v) is 3.75. The molecule has 90 valence electrons. The van der Waals surface area contributed by atoms with Crippen LogP contribution in [0, 0.1) is 5.92 Å². The van der Waals surface area contributed by atoms with Crippen LogP contribution in [0.5, 0.6) is 0 Å². The molecule has 0 saturated carbocycles. The second-order valence-electron chi connectivity index (χ2n) is 4.67. The number of fused-ring (bicyclic) bond motifs is 3. The molecule has 0 bridgehead atoms. The first-order valence-corrected chi connectivity index (χ1v) is 6.12. The smallest absolute Gasteiger partial charge is 0.229 e. The molecule has 3 aliphatic heterocycles. The largest absolute Gasteiger partial charge is 0.368 e. The molecule has 1 amide bonds. The van der Waals surface area contributed by atoms with Crippen LogP contribution < -0.4 is 10.6 Å². The Kier molecular flexibility index (Phi) is 2.61. The molecule has 0 spiro atoms. The van der Waals surface area contributed by atoms with Crippen LogP contribution in [0.25, 0.3) is 0 Å². The first kappa shape index (κ1) is 10.5. The molecule has 5 heteroatoms. The number of carbonyl (C=O) groups excluding carboxylic acids is 1. The summed E-state index contributed by atoms with van der Waals surface area (Å²) in [5.41, 5.74) is 0. The molecule has 0 aromatic rings. The predicted octanol–water partition coefficient (Wildman–Crippen LogP) is -0.386. The summed E-state index contributed by atoms with van der Waals surface area (Å²) in [4.78, 5) is 11.9. The molecule has 16 heavy (non-hydrogen) atoms. The number of carbonyl (C=O) groups is 1. The van der Waals surface area contributed by atoms with Gasteiger partial charge in [-0.2, -0.15) is 0 Å². The summed E-state index contributed by atoms with van der Waals surface area (Å²) in [5, 5.41) is 6.27. The van der Waals surface area contributed by atoms with E-state index in [4.69, 9.17) is 9.47 Å². The van der Waals surface area contributed by atoms with Gasteiger partial charge in [0.1, 0.15) is 6.10 Å². The lowest BCUT2D eigenvalue weighted by molar-refractivity contribution is -0.124. The number of rotatable bonds is 2. The fourth-order valence-corrected chi connectivity index (χ4v) is 3.09. The van der Waals surface area contributed by atoms with Crippen LogP contribution in [0.15, 0.2) is 0 Å². The number of hydrogen-bond donors (Lipinski definition) is 2. The summed E-state index contributed by atoms with van der Waals surface area (Å²) in [7, 11) is 0. The van der Waals surface area contributed by atoms with Crippen LogP contribution in [-0.2, 0) is 14.3 Å². The quantitative estimate of drug-likeness (QED) is 0.673. The molecule has 3 rings (SSSR count). The summed E-state index contributed by atoms with van der Waals surface area (Å²) in [6.45, 7) is 3.51. The average Bonchev–Trinajstić information content (AvgIpc) is 2.79. The summed E-state index contributed by atoms with van der Waals surface area (Å²) in [6.07, 6.45) is 2.01. The van der Waals surface area contributed by atoms with E-state index in [0.717, 1.165) is 19.4 Å². The average molecular weight is 226 g/mol. The molecule has 5 nitrogen and oxygen atoms in total. The zero-order valence-electron chi connectivity index (χ0n) is 9.44. The zero-order chi connectivity index (χ0) is 11.1. The van der Waals surface area contributed by atoms with Gasteiger partial charge in [0.2, 0.25) is 5.91 Å². The van der Waals surface area contributed by atoms with Crippen molar-refractivity contribution in [2.24, 2.45) is 5.92 Å². The van der Waals surface area contributed by atoms with Crippen molar-refractivity contribution in [1.82, 2.24) is 10.6 Å². The van der Waals surface area contributed by atoms with Gasteiger partial charge in [-0.1, -0.05) is 0 Å². The van der Waals surface area contributed by atoms with E-state index in [1.807, 2.05) is 6.92 Å². The van der Waals surface area contributed by atoms with E-state index >= 15 is 0 Å². The molecule has 3 heterocycles. The Balaban J connectivity index is 1.79. The van der Waals surface area contributed by atoms with Gasteiger partial charge >= 0.3 is 0 Å². The van der Waals surface area contributed by atoms with Crippen LogP contribution in [0.3, 0.4) is 0 Å². The Morgan fingerprint density at radius 2 is 2.44 bits per heavy atom.